The van der Waals surface area contributed by atoms with E-state index in [1.807, 2.05) is 37.3 Å². The third-order valence-electron chi connectivity index (χ3n) is 2.85. The SMILES string of the molecule is COc1cc(C)ccc1NCc1ccc(O)c(Br)c1. The summed E-state index contributed by atoms with van der Waals surface area (Å²) in [5.41, 5.74) is 3.19. The Morgan fingerprint density at radius 2 is 2.00 bits per heavy atom. The Labute approximate surface area is 121 Å². The number of aryl methyl sites for hydroxylation is 1. The lowest BCUT2D eigenvalue weighted by atomic mass is 10.2. The van der Waals surface area contributed by atoms with Crippen molar-refractivity contribution in [1.29, 1.82) is 0 Å². The molecule has 3 nitrogen and oxygen atoms in total. The van der Waals surface area contributed by atoms with Crippen molar-refractivity contribution < 1.29 is 9.84 Å². The van der Waals surface area contributed by atoms with Gasteiger partial charge in [-0.3, -0.25) is 0 Å². The quantitative estimate of drug-likeness (QED) is 0.891. The Balaban J connectivity index is 2.12. The highest BCUT2D eigenvalue weighted by Crippen LogP contribution is 2.27. The maximum absolute atomic E-state index is 9.45. The van der Waals surface area contributed by atoms with Crippen molar-refractivity contribution >= 4 is 21.6 Å². The Morgan fingerprint density at radius 1 is 1.21 bits per heavy atom. The smallest absolute Gasteiger partial charge is 0.142 e. The molecule has 0 bridgehead atoms. The highest BCUT2D eigenvalue weighted by molar-refractivity contribution is 9.10. The van der Waals surface area contributed by atoms with Crippen molar-refractivity contribution in [3.05, 3.63) is 52.0 Å². The van der Waals surface area contributed by atoms with E-state index >= 15 is 0 Å². The van der Waals surface area contributed by atoms with Gasteiger partial charge in [-0.1, -0.05) is 12.1 Å². The number of aromatic hydroxyl groups is 1. The first-order chi connectivity index (χ1) is 9.10. The molecule has 0 atom stereocenters. The van der Waals surface area contributed by atoms with Crippen LogP contribution in [0.3, 0.4) is 0 Å². The van der Waals surface area contributed by atoms with Crippen LogP contribution in [0.2, 0.25) is 0 Å². The van der Waals surface area contributed by atoms with Gasteiger partial charge in [0.15, 0.2) is 0 Å². The minimum absolute atomic E-state index is 0.247. The molecular weight excluding hydrogens is 306 g/mol. The maximum atomic E-state index is 9.45. The van der Waals surface area contributed by atoms with Crippen LogP contribution in [0, 0.1) is 6.92 Å². The van der Waals surface area contributed by atoms with E-state index in [2.05, 4.69) is 21.2 Å². The Bertz CT molecular complexity index is 584. The molecule has 2 aromatic carbocycles. The van der Waals surface area contributed by atoms with Crippen molar-refractivity contribution in [2.45, 2.75) is 13.5 Å². The number of methoxy groups -OCH3 is 1. The predicted molar refractivity (Wildman–Crippen MR) is 80.9 cm³/mol. The van der Waals surface area contributed by atoms with Gasteiger partial charge in [0.2, 0.25) is 0 Å². The molecule has 0 aliphatic carbocycles. The third kappa shape index (κ3) is 3.41. The van der Waals surface area contributed by atoms with E-state index in [1.54, 1.807) is 13.2 Å². The molecule has 0 unspecified atom stereocenters. The molecule has 2 aromatic rings. The zero-order valence-electron chi connectivity index (χ0n) is 10.9. The third-order valence-corrected chi connectivity index (χ3v) is 3.49. The lowest BCUT2D eigenvalue weighted by molar-refractivity contribution is 0.416. The number of benzene rings is 2. The van der Waals surface area contributed by atoms with E-state index in [-0.39, 0.29) is 5.75 Å². The zero-order chi connectivity index (χ0) is 13.8. The van der Waals surface area contributed by atoms with E-state index in [4.69, 9.17) is 4.74 Å². The first kappa shape index (κ1) is 13.7. The average Bonchev–Trinajstić information content (AvgIpc) is 2.41. The maximum Gasteiger partial charge on any atom is 0.142 e. The van der Waals surface area contributed by atoms with Gasteiger partial charge in [0.05, 0.1) is 17.3 Å². The van der Waals surface area contributed by atoms with Crippen LogP contribution in [0.15, 0.2) is 40.9 Å². The Morgan fingerprint density at radius 3 is 2.68 bits per heavy atom. The summed E-state index contributed by atoms with van der Waals surface area (Å²) in [5.74, 6) is 1.08. The van der Waals surface area contributed by atoms with Crippen LogP contribution in [-0.4, -0.2) is 12.2 Å². The number of hydrogen-bond donors (Lipinski definition) is 2. The van der Waals surface area contributed by atoms with E-state index in [0.717, 1.165) is 22.6 Å². The number of nitrogens with one attached hydrogen (secondary N) is 1. The van der Waals surface area contributed by atoms with Gasteiger partial charge in [0.1, 0.15) is 11.5 Å². The first-order valence-corrected chi connectivity index (χ1v) is 6.75. The van der Waals surface area contributed by atoms with Gasteiger partial charge >= 0.3 is 0 Å². The average molecular weight is 322 g/mol. The van der Waals surface area contributed by atoms with Crippen molar-refractivity contribution in [3.8, 4) is 11.5 Å². The van der Waals surface area contributed by atoms with E-state index in [1.165, 1.54) is 0 Å². The number of phenols is 1. The number of hydrogen-bond acceptors (Lipinski definition) is 3. The second kappa shape index (κ2) is 5.97. The molecule has 0 saturated heterocycles. The van der Waals surface area contributed by atoms with Crippen LogP contribution < -0.4 is 10.1 Å². The molecule has 2 N–H and O–H groups in total. The summed E-state index contributed by atoms with van der Waals surface area (Å²) in [6, 6.07) is 11.5. The van der Waals surface area contributed by atoms with Gasteiger partial charge in [0.25, 0.3) is 0 Å². The highest BCUT2D eigenvalue weighted by Gasteiger charge is 2.04. The monoisotopic (exact) mass is 321 g/mol. The topological polar surface area (TPSA) is 41.5 Å². The fraction of sp³-hybridized carbons (Fsp3) is 0.200. The molecule has 0 amide bonds. The molecule has 0 heterocycles. The summed E-state index contributed by atoms with van der Waals surface area (Å²) in [6.07, 6.45) is 0. The molecule has 0 aromatic heterocycles. The van der Waals surface area contributed by atoms with Gasteiger partial charge in [-0.15, -0.1) is 0 Å². The molecule has 0 aliphatic heterocycles. The summed E-state index contributed by atoms with van der Waals surface area (Å²) in [6.45, 7) is 2.70. The first-order valence-electron chi connectivity index (χ1n) is 5.96. The van der Waals surface area contributed by atoms with Gasteiger partial charge in [0, 0.05) is 6.54 Å². The van der Waals surface area contributed by atoms with Crippen LogP contribution in [0.4, 0.5) is 5.69 Å². The summed E-state index contributed by atoms with van der Waals surface area (Å²) in [5, 5.41) is 12.8. The molecular formula is C15H16BrNO2. The Kier molecular flexibility index (Phi) is 4.32. The van der Waals surface area contributed by atoms with Crippen molar-refractivity contribution in [2.75, 3.05) is 12.4 Å². The van der Waals surface area contributed by atoms with Gasteiger partial charge < -0.3 is 15.2 Å². The summed E-state index contributed by atoms with van der Waals surface area (Å²) >= 11 is 3.31. The highest BCUT2D eigenvalue weighted by atomic mass is 79.9. The second-order valence-electron chi connectivity index (χ2n) is 4.34. The van der Waals surface area contributed by atoms with Crippen LogP contribution in [0.25, 0.3) is 0 Å². The lowest BCUT2D eigenvalue weighted by Gasteiger charge is -2.12. The standard InChI is InChI=1S/C15H16BrNO2/c1-10-3-5-13(15(7-10)19-2)17-9-11-4-6-14(18)12(16)8-11/h3-8,17-18H,9H2,1-2H3. The number of halogens is 1. The zero-order valence-corrected chi connectivity index (χ0v) is 12.5. The number of rotatable bonds is 4. The summed E-state index contributed by atoms with van der Waals surface area (Å²) in [4.78, 5) is 0. The van der Waals surface area contributed by atoms with Gasteiger partial charge in [-0.25, -0.2) is 0 Å². The molecule has 0 aliphatic rings. The minimum atomic E-state index is 0.247. The minimum Gasteiger partial charge on any atom is -0.507 e. The van der Waals surface area contributed by atoms with Crippen LogP contribution in [-0.2, 0) is 6.54 Å². The normalized spacial score (nSPS) is 10.3. The number of ether oxygens (including phenoxy) is 1. The second-order valence-corrected chi connectivity index (χ2v) is 5.20. The molecule has 4 heteroatoms. The lowest BCUT2D eigenvalue weighted by Crippen LogP contribution is -2.01. The van der Waals surface area contributed by atoms with Crippen LogP contribution in [0.1, 0.15) is 11.1 Å². The molecule has 19 heavy (non-hydrogen) atoms. The van der Waals surface area contributed by atoms with Gasteiger partial charge in [-0.2, -0.15) is 0 Å². The molecule has 0 saturated carbocycles. The number of anilines is 1. The Hall–Kier alpha value is -1.68. The fourth-order valence-electron chi connectivity index (χ4n) is 1.80. The van der Waals surface area contributed by atoms with E-state index < -0.39 is 0 Å². The predicted octanol–water partition coefficient (Wildman–Crippen LogP) is 4.08. The molecule has 0 radical (unpaired) electrons. The van der Waals surface area contributed by atoms with Crippen molar-refractivity contribution in [1.82, 2.24) is 0 Å². The van der Waals surface area contributed by atoms with Gasteiger partial charge in [-0.05, 0) is 58.2 Å². The largest absolute Gasteiger partial charge is 0.507 e. The fourth-order valence-corrected chi connectivity index (χ4v) is 2.23. The van der Waals surface area contributed by atoms with Crippen LogP contribution >= 0.6 is 15.9 Å². The van der Waals surface area contributed by atoms with Crippen LogP contribution in [0.5, 0.6) is 11.5 Å². The van der Waals surface area contributed by atoms with E-state index in [0.29, 0.717) is 11.0 Å². The molecule has 0 spiro atoms. The van der Waals surface area contributed by atoms with Crippen molar-refractivity contribution in [2.24, 2.45) is 0 Å². The van der Waals surface area contributed by atoms with E-state index in [9.17, 15) is 5.11 Å². The molecule has 0 fully saturated rings. The molecule has 2 rings (SSSR count). The van der Waals surface area contributed by atoms with Crippen molar-refractivity contribution in [3.63, 3.8) is 0 Å². The number of phenolic OH excluding ortho intramolecular Hbond substituents is 1. The summed E-state index contributed by atoms with van der Waals surface area (Å²) in [7, 11) is 1.66. The molecule has 100 valence electrons. The summed E-state index contributed by atoms with van der Waals surface area (Å²) < 4.78 is 6.04.